The van der Waals surface area contributed by atoms with E-state index in [0.717, 1.165) is 42.8 Å². The third kappa shape index (κ3) is 5.47. The number of amides is 1. The molecule has 2 heterocycles. The molecule has 0 aliphatic carbocycles. The van der Waals surface area contributed by atoms with E-state index >= 15 is 0 Å². The van der Waals surface area contributed by atoms with Gasteiger partial charge in [0.15, 0.2) is 0 Å². The third-order valence-electron chi connectivity index (χ3n) is 6.32. The van der Waals surface area contributed by atoms with Crippen molar-refractivity contribution in [2.75, 3.05) is 32.8 Å². The number of ether oxygens (including phenoxy) is 1. The molecule has 182 valence electrons. The van der Waals surface area contributed by atoms with Crippen molar-refractivity contribution in [1.29, 1.82) is 0 Å². The van der Waals surface area contributed by atoms with Gasteiger partial charge in [-0.1, -0.05) is 27.2 Å². The molecule has 7 nitrogen and oxygen atoms in total. The summed E-state index contributed by atoms with van der Waals surface area (Å²) in [6, 6.07) is 8.23. The molecule has 34 heavy (non-hydrogen) atoms. The SMILES string of the molecule is CCCCOc1ccc(C(O)=C2C(=O)C(=O)N(CCN(CC)CC)C2c2ccncc2)cc1C. The van der Waals surface area contributed by atoms with E-state index < -0.39 is 17.7 Å². The molecular formula is C27H35N3O4. The Morgan fingerprint density at radius 1 is 1.12 bits per heavy atom. The van der Waals surface area contributed by atoms with Crippen LogP contribution in [0, 0.1) is 6.92 Å². The fourth-order valence-corrected chi connectivity index (χ4v) is 4.23. The van der Waals surface area contributed by atoms with Crippen LogP contribution in [0.1, 0.15) is 56.3 Å². The number of unbranched alkanes of at least 4 members (excludes halogenated alkanes) is 1. The van der Waals surface area contributed by atoms with E-state index in [-0.39, 0.29) is 11.3 Å². The van der Waals surface area contributed by atoms with Gasteiger partial charge in [0.05, 0.1) is 18.2 Å². The standard InChI is InChI=1S/C27H35N3O4/c1-5-8-17-34-22-10-9-21(18-19(22)4)25(31)23-24(20-11-13-28-14-12-20)30(27(33)26(23)32)16-15-29(6-2)7-3/h9-14,18,24,31H,5-8,15-17H2,1-4H3. The van der Waals surface area contributed by atoms with Crippen molar-refractivity contribution < 1.29 is 19.4 Å². The highest BCUT2D eigenvalue weighted by Gasteiger charge is 2.46. The second-order valence-corrected chi connectivity index (χ2v) is 8.48. The van der Waals surface area contributed by atoms with Gasteiger partial charge in [-0.05, 0) is 67.9 Å². The van der Waals surface area contributed by atoms with Gasteiger partial charge in [0.1, 0.15) is 11.5 Å². The van der Waals surface area contributed by atoms with Gasteiger partial charge in [0.25, 0.3) is 11.7 Å². The van der Waals surface area contributed by atoms with E-state index in [0.29, 0.717) is 25.3 Å². The average molecular weight is 466 g/mol. The summed E-state index contributed by atoms with van der Waals surface area (Å²) in [6.07, 6.45) is 5.27. The number of aliphatic hydroxyl groups excluding tert-OH is 1. The summed E-state index contributed by atoms with van der Waals surface area (Å²) in [7, 11) is 0. The zero-order valence-electron chi connectivity index (χ0n) is 20.6. The van der Waals surface area contributed by atoms with E-state index in [1.165, 1.54) is 0 Å². The molecule has 1 aliphatic heterocycles. The van der Waals surface area contributed by atoms with Crippen molar-refractivity contribution in [2.24, 2.45) is 0 Å². The lowest BCUT2D eigenvalue weighted by Gasteiger charge is -2.28. The molecule has 1 saturated heterocycles. The Kier molecular flexibility index (Phi) is 8.82. The second-order valence-electron chi connectivity index (χ2n) is 8.48. The van der Waals surface area contributed by atoms with Crippen LogP contribution < -0.4 is 4.74 Å². The van der Waals surface area contributed by atoms with E-state index in [2.05, 4.69) is 30.7 Å². The lowest BCUT2D eigenvalue weighted by molar-refractivity contribution is -0.140. The number of rotatable bonds is 11. The van der Waals surface area contributed by atoms with Crippen molar-refractivity contribution in [3.63, 3.8) is 0 Å². The summed E-state index contributed by atoms with van der Waals surface area (Å²) in [5, 5.41) is 11.3. The summed E-state index contributed by atoms with van der Waals surface area (Å²) in [5.74, 6) is -0.685. The number of benzene rings is 1. The molecule has 0 saturated carbocycles. The molecule has 7 heteroatoms. The molecule has 0 spiro atoms. The van der Waals surface area contributed by atoms with Crippen molar-refractivity contribution in [2.45, 2.75) is 46.6 Å². The molecule has 3 rings (SSSR count). The van der Waals surface area contributed by atoms with Gasteiger partial charge in [-0.25, -0.2) is 0 Å². The Morgan fingerprint density at radius 2 is 1.82 bits per heavy atom. The Bertz CT molecular complexity index is 1030. The zero-order valence-corrected chi connectivity index (χ0v) is 20.6. The molecule has 0 bridgehead atoms. The zero-order chi connectivity index (χ0) is 24.7. The molecule has 1 aromatic carbocycles. The van der Waals surface area contributed by atoms with Gasteiger partial charge >= 0.3 is 0 Å². The number of aliphatic hydroxyl groups is 1. The minimum Gasteiger partial charge on any atom is -0.507 e. The summed E-state index contributed by atoms with van der Waals surface area (Å²) >= 11 is 0. The maximum absolute atomic E-state index is 13.2. The molecule has 1 N–H and O–H groups in total. The van der Waals surface area contributed by atoms with Crippen molar-refractivity contribution in [1.82, 2.24) is 14.8 Å². The van der Waals surface area contributed by atoms with E-state index in [4.69, 9.17) is 4.74 Å². The lowest BCUT2D eigenvalue weighted by atomic mass is 9.95. The number of Topliss-reactive ketones (excluding diaryl/α,β-unsaturated/α-hetero) is 1. The first-order valence-electron chi connectivity index (χ1n) is 12.1. The van der Waals surface area contributed by atoms with Crippen molar-refractivity contribution in [3.8, 4) is 5.75 Å². The minimum atomic E-state index is -0.667. The number of aromatic nitrogens is 1. The molecular weight excluding hydrogens is 430 g/mol. The summed E-state index contributed by atoms with van der Waals surface area (Å²) in [5.41, 5.74) is 2.19. The number of pyridine rings is 1. The van der Waals surface area contributed by atoms with Crippen LogP contribution in [0.2, 0.25) is 0 Å². The van der Waals surface area contributed by atoms with Crippen LogP contribution in [-0.2, 0) is 9.59 Å². The van der Waals surface area contributed by atoms with Gasteiger partial charge in [-0.2, -0.15) is 0 Å². The molecule has 1 amide bonds. The predicted octanol–water partition coefficient (Wildman–Crippen LogP) is 4.33. The van der Waals surface area contributed by atoms with E-state index in [1.807, 2.05) is 6.92 Å². The summed E-state index contributed by atoms with van der Waals surface area (Å²) in [6.45, 7) is 11.5. The maximum Gasteiger partial charge on any atom is 0.295 e. The molecule has 2 aromatic rings. The summed E-state index contributed by atoms with van der Waals surface area (Å²) in [4.78, 5) is 34.1. The van der Waals surface area contributed by atoms with Gasteiger partial charge in [-0.3, -0.25) is 14.6 Å². The molecule has 1 fully saturated rings. The first-order valence-corrected chi connectivity index (χ1v) is 12.1. The normalized spacial score (nSPS) is 17.6. The Morgan fingerprint density at radius 3 is 2.44 bits per heavy atom. The number of hydrogen-bond acceptors (Lipinski definition) is 6. The highest BCUT2D eigenvalue weighted by atomic mass is 16.5. The highest BCUT2D eigenvalue weighted by Crippen LogP contribution is 2.39. The monoisotopic (exact) mass is 465 g/mol. The molecule has 1 atom stereocenters. The Labute approximate surface area is 202 Å². The quantitative estimate of drug-likeness (QED) is 0.230. The van der Waals surface area contributed by atoms with E-state index in [9.17, 15) is 14.7 Å². The first kappa shape index (κ1) is 25.4. The minimum absolute atomic E-state index is 0.106. The number of likely N-dealkylation sites (N-methyl/N-ethyl adjacent to an activating group) is 1. The van der Waals surface area contributed by atoms with Crippen LogP contribution in [0.4, 0.5) is 0 Å². The summed E-state index contributed by atoms with van der Waals surface area (Å²) < 4.78 is 5.82. The number of carbonyl (C=O) groups is 2. The fourth-order valence-electron chi connectivity index (χ4n) is 4.23. The molecule has 1 unspecified atom stereocenters. The number of hydrogen-bond donors (Lipinski definition) is 1. The van der Waals surface area contributed by atoms with Gasteiger partial charge in [0, 0.05) is 31.0 Å². The van der Waals surface area contributed by atoms with Crippen LogP contribution in [-0.4, -0.2) is 64.4 Å². The highest BCUT2D eigenvalue weighted by molar-refractivity contribution is 6.46. The predicted molar refractivity (Wildman–Crippen MR) is 133 cm³/mol. The van der Waals surface area contributed by atoms with Gasteiger partial charge in [-0.15, -0.1) is 0 Å². The first-order chi connectivity index (χ1) is 16.4. The number of likely N-dealkylation sites (tertiary alicyclic amines) is 1. The van der Waals surface area contributed by atoms with Gasteiger partial charge in [0.2, 0.25) is 0 Å². The number of aryl methyl sites for hydroxylation is 1. The largest absolute Gasteiger partial charge is 0.507 e. The van der Waals surface area contributed by atoms with Crippen molar-refractivity contribution >= 4 is 17.4 Å². The van der Waals surface area contributed by atoms with Crippen LogP contribution in [0.3, 0.4) is 0 Å². The molecule has 1 aliphatic rings. The average Bonchev–Trinajstić information content (AvgIpc) is 3.10. The van der Waals surface area contributed by atoms with Gasteiger partial charge < -0.3 is 19.6 Å². The third-order valence-corrected chi connectivity index (χ3v) is 6.32. The van der Waals surface area contributed by atoms with Crippen molar-refractivity contribution in [3.05, 3.63) is 65.0 Å². The number of nitrogens with zero attached hydrogens (tertiary/aromatic N) is 3. The van der Waals surface area contributed by atoms with Crippen LogP contribution in [0.5, 0.6) is 5.75 Å². The topological polar surface area (TPSA) is 83.0 Å². The second kappa shape index (κ2) is 11.8. The van der Waals surface area contributed by atoms with Crippen LogP contribution >= 0.6 is 0 Å². The Balaban J connectivity index is 2.00. The number of ketones is 1. The Hall–Kier alpha value is -3.19. The van der Waals surface area contributed by atoms with Crippen LogP contribution in [0.15, 0.2) is 48.3 Å². The lowest BCUT2D eigenvalue weighted by Crippen LogP contribution is -2.38. The van der Waals surface area contributed by atoms with Crippen LogP contribution in [0.25, 0.3) is 5.76 Å². The fraction of sp³-hybridized carbons (Fsp3) is 0.444. The number of carbonyl (C=O) groups excluding carboxylic acids is 2. The molecule has 0 radical (unpaired) electrons. The smallest absolute Gasteiger partial charge is 0.295 e. The molecule has 1 aromatic heterocycles. The maximum atomic E-state index is 13.2. The van der Waals surface area contributed by atoms with E-state index in [1.54, 1.807) is 47.6 Å².